The number of sulfonamides is 1. The summed E-state index contributed by atoms with van der Waals surface area (Å²) in [5.41, 5.74) is 1.08. The smallest absolute Gasteiger partial charge is 0.257 e. The van der Waals surface area contributed by atoms with Gasteiger partial charge in [-0.15, -0.1) is 0 Å². The number of nitrogens with zero attached hydrogens (tertiary/aromatic N) is 4. The quantitative estimate of drug-likeness (QED) is 0.826. The van der Waals surface area contributed by atoms with Gasteiger partial charge in [0.05, 0.1) is 16.8 Å². The Kier molecular flexibility index (Phi) is 4.27. The minimum absolute atomic E-state index is 0.0815. The van der Waals surface area contributed by atoms with Crippen LogP contribution in [0, 0.1) is 0 Å². The highest BCUT2D eigenvalue weighted by atomic mass is 32.2. The van der Waals surface area contributed by atoms with Crippen molar-refractivity contribution in [2.24, 2.45) is 0 Å². The van der Waals surface area contributed by atoms with E-state index < -0.39 is 10.0 Å². The number of pyridine rings is 2. The fourth-order valence-corrected chi connectivity index (χ4v) is 3.76. The van der Waals surface area contributed by atoms with E-state index in [1.165, 1.54) is 10.5 Å². The molecule has 3 heterocycles. The van der Waals surface area contributed by atoms with Crippen molar-refractivity contribution in [1.29, 1.82) is 0 Å². The van der Waals surface area contributed by atoms with Gasteiger partial charge in [-0.1, -0.05) is 0 Å². The Morgan fingerprint density at radius 1 is 1.22 bits per heavy atom. The monoisotopic (exact) mass is 334 g/mol. The van der Waals surface area contributed by atoms with Crippen molar-refractivity contribution in [3.63, 3.8) is 0 Å². The molecule has 0 unspecified atom stereocenters. The highest BCUT2D eigenvalue weighted by Crippen LogP contribution is 2.18. The van der Waals surface area contributed by atoms with Crippen LogP contribution in [0.2, 0.25) is 0 Å². The summed E-state index contributed by atoms with van der Waals surface area (Å²) in [4.78, 5) is 22.8. The predicted molar refractivity (Wildman–Crippen MR) is 86.5 cm³/mol. The van der Waals surface area contributed by atoms with Crippen molar-refractivity contribution in [3.8, 4) is 0 Å². The summed E-state index contributed by atoms with van der Waals surface area (Å²) in [6, 6.07) is 3.66. The molecule has 23 heavy (non-hydrogen) atoms. The highest BCUT2D eigenvalue weighted by molar-refractivity contribution is 7.89. The zero-order valence-corrected chi connectivity index (χ0v) is 13.7. The molecule has 7 nitrogen and oxygen atoms in total. The molecule has 2 aromatic rings. The van der Waals surface area contributed by atoms with Gasteiger partial charge >= 0.3 is 0 Å². The summed E-state index contributed by atoms with van der Waals surface area (Å²) in [5, 5.41) is 0.811. The number of carbonyl (C=O) groups excluding carboxylic acids is 1. The van der Waals surface area contributed by atoms with Crippen molar-refractivity contribution < 1.29 is 13.2 Å². The van der Waals surface area contributed by atoms with Crippen LogP contribution in [-0.4, -0.2) is 65.4 Å². The van der Waals surface area contributed by atoms with Gasteiger partial charge in [0, 0.05) is 50.2 Å². The first-order chi connectivity index (χ1) is 11.0. The molecule has 0 saturated carbocycles. The minimum Gasteiger partial charge on any atom is -0.336 e. The molecule has 2 aromatic heterocycles. The molecule has 1 saturated heterocycles. The Morgan fingerprint density at radius 2 is 1.96 bits per heavy atom. The number of rotatable bonds is 3. The van der Waals surface area contributed by atoms with Crippen molar-refractivity contribution in [2.45, 2.75) is 6.92 Å². The second-order valence-electron chi connectivity index (χ2n) is 5.35. The van der Waals surface area contributed by atoms with Gasteiger partial charge in [-0.2, -0.15) is 4.31 Å². The molecule has 0 aliphatic carbocycles. The van der Waals surface area contributed by atoms with Gasteiger partial charge in [0.1, 0.15) is 0 Å². The maximum Gasteiger partial charge on any atom is 0.257 e. The largest absolute Gasteiger partial charge is 0.336 e. The molecule has 0 spiro atoms. The Balaban J connectivity index is 1.80. The first kappa shape index (κ1) is 15.8. The van der Waals surface area contributed by atoms with Gasteiger partial charge in [-0.3, -0.25) is 14.8 Å². The van der Waals surface area contributed by atoms with Crippen LogP contribution in [0.4, 0.5) is 0 Å². The van der Waals surface area contributed by atoms with Crippen molar-refractivity contribution in [2.75, 3.05) is 31.9 Å². The maximum absolute atomic E-state index is 12.7. The summed E-state index contributed by atoms with van der Waals surface area (Å²) in [7, 11) is -3.20. The Labute approximate surface area is 135 Å². The van der Waals surface area contributed by atoms with E-state index in [1.807, 2.05) is 6.07 Å². The van der Waals surface area contributed by atoms with Crippen LogP contribution < -0.4 is 0 Å². The summed E-state index contributed by atoms with van der Waals surface area (Å²) in [6.45, 7) is 3.03. The van der Waals surface area contributed by atoms with Crippen LogP contribution in [-0.2, 0) is 10.0 Å². The lowest BCUT2D eigenvalue weighted by molar-refractivity contribution is 0.0699. The van der Waals surface area contributed by atoms with E-state index >= 15 is 0 Å². The molecule has 0 radical (unpaired) electrons. The first-order valence-electron chi connectivity index (χ1n) is 7.49. The van der Waals surface area contributed by atoms with Crippen LogP contribution in [0.1, 0.15) is 17.3 Å². The van der Waals surface area contributed by atoms with Crippen molar-refractivity contribution in [3.05, 3.63) is 36.3 Å². The summed E-state index contributed by atoms with van der Waals surface area (Å²) in [6.07, 6.45) is 4.84. The van der Waals surface area contributed by atoms with Crippen LogP contribution in [0.3, 0.4) is 0 Å². The van der Waals surface area contributed by atoms with E-state index in [1.54, 1.807) is 30.3 Å². The third-order valence-corrected chi connectivity index (χ3v) is 5.91. The predicted octanol–water partition coefficient (Wildman–Crippen LogP) is 0.737. The number of fused-ring (bicyclic) bond motifs is 1. The minimum atomic E-state index is -3.20. The Morgan fingerprint density at radius 3 is 2.65 bits per heavy atom. The number of amides is 1. The molecule has 1 aliphatic rings. The molecule has 0 bridgehead atoms. The normalized spacial score (nSPS) is 16.7. The number of aromatic nitrogens is 2. The lowest BCUT2D eigenvalue weighted by atomic mass is 10.1. The van der Waals surface area contributed by atoms with E-state index in [4.69, 9.17) is 0 Å². The van der Waals surface area contributed by atoms with Crippen LogP contribution >= 0.6 is 0 Å². The molecule has 3 rings (SSSR count). The summed E-state index contributed by atoms with van der Waals surface area (Å²) >= 11 is 0. The van der Waals surface area contributed by atoms with E-state index in [0.717, 1.165) is 5.39 Å². The molecule has 0 N–H and O–H groups in total. The fraction of sp³-hybridized carbons (Fsp3) is 0.400. The van der Waals surface area contributed by atoms with Gasteiger partial charge in [0.15, 0.2) is 0 Å². The summed E-state index contributed by atoms with van der Waals surface area (Å²) < 4.78 is 25.2. The topological polar surface area (TPSA) is 83.5 Å². The van der Waals surface area contributed by atoms with E-state index in [9.17, 15) is 13.2 Å². The van der Waals surface area contributed by atoms with E-state index in [0.29, 0.717) is 37.3 Å². The Hall–Kier alpha value is -2.06. The Bertz CT molecular complexity index is 824. The molecule has 0 atom stereocenters. The first-order valence-corrected chi connectivity index (χ1v) is 9.09. The van der Waals surface area contributed by atoms with E-state index in [2.05, 4.69) is 9.97 Å². The molecule has 1 fully saturated rings. The molecule has 122 valence electrons. The fourth-order valence-electron chi connectivity index (χ4n) is 2.68. The number of hydrogen-bond donors (Lipinski definition) is 0. The number of piperazine rings is 1. The van der Waals surface area contributed by atoms with E-state index in [-0.39, 0.29) is 11.7 Å². The lowest BCUT2D eigenvalue weighted by Gasteiger charge is -2.33. The van der Waals surface area contributed by atoms with Gasteiger partial charge in [-0.25, -0.2) is 8.42 Å². The molecule has 1 aliphatic heterocycles. The molecule has 0 aromatic carbocycles. The summed E-state index contributed by atoms with van der Waals surface area (Å²) in [5.74, 6) is -0.0756. The maximum atomic E-state index is 12.7. The standard InChI is InChI=1S/C15H18N4O3S/c1-2-23(21,22)19-8-6-18(7-9-19)15(20)13-11-16-10-12-4-3-5-17-14(12)13/h3-5,10-11H,2,6-9H2,1H3. The van der Waals surface area contributed by atoms with Gasteiger partial charge in [0.2, 0.25) is 10.0 Å². The van der Waals surface area contributed by atoms with Gasteiger partial charge < -0.3 is 4.90 Å². The molecular weight excluding hydrogens is 316 g/mol. The van der Waals surface area contributed by atoms with Crippen LogP contribution in [0.5, 0.6) is 0 Å². The zero-order chi connectivity index (χ0) is 16.4. The second kappa shape index (κ2) is 6.21. The SMILES string of the molecule is CCS(=O)(=O)N1CCN(C(=O)c2cncc3cccnc23)CC1. The van der Waals surface area contributed by atoms with Gasteiger partial charge in [0.25, 0.3) is 5.91 Å². The van der Waals surface area contributed by atoms with Crippen molar-refractivity contribution in [1.82, 2.24) is 19.2 Å². The lowest BCUT2D eigenvalue weighted by Crippen LogP contribution is -2.50. The second-order valence-corrected chi connectivity index (χ2v) is 7.61. The third-order valence-electron chi connectivity index (χ3n) is 4.03. The van der Waals surface area contributed by atoms with Crippen LogP contribution in [0.15, 0.2) is 30.7 Å². The average Bonchev–Trinajstić information content (AvgIpc) is 2.60. The highest BCUT2D eigenvalue weighted by Gasteiger charge is 2.28. The molecule has 1 amide bonds. The van der Waals surface area contributed by atoms with Crippen molar-refractivity contribution >= 4 is 26.8 Å². The van der Waals surface area contributed by atoms with Crippen LogP contribution in [0.25, 0.3) is 10.9 Å². The number of carbonyl (C=O) groups is 1. The molecular formula is C15H18N4O3S. The molecule has 8 heteroatoms. The van der Waals surface area contributed by atoms with Gasteiger partial charge in [-0.05, 0) is 19.1 Å². The third kappa shape index (κ3) is 3.04. The zero-order valence-electron chi connectivity index (χ0n) is 12.8. The number of hydrogen-bond acceptors (Lipinski definition) is 5. The average molecular weight is 334 g/mol.